The number of fused-ring (bicyclic) bond motifs is 1. The van der Waals surface area contributed by atoms with Crippen molar-refractivity contribution in [2.45, 2.75) is 51.9 Å². The van der Waals surface area contributed by atoms with Crippen molar-refractivity contribution in [2.24, 2.45) is 7.05 Å². The number of hydrogen-bond acceptors (Lipinski definition) is 8. The predicted octanol–water partition coefficient (Wildman–Crippen LogP) is 5.26. The Labute approximate surface area is 244 Å². The van der Waals surface area contributed by atoms with Crippen molar-refractivity contribution < 1.29 is 18.7 Å². The van der Waals surface area contributed by atoms with Gasteiger partial charge in [0.15, 0.2) is 5.82 Å². The van der Waals surface area contributed by atoms with Crippen LogP contribution in [0.4, 0.5) is 9.18 Å². The van der Waals surface area contributed by atoms with Crippen molar-refractivity contribution >= 4 is 34.5 Å². The highest BCUT2D eigenvalue weighted by Gasteiger charge is 2.30. The lowest BCUT2D eigenvalue weighted by atomic mass is 9.97. The molecule has 13 heteroatoms. The summed E-state index contributed by atoms with van der Waals surface area (Å²) in [5, 5.41) is 24.0. The largest absolute Gasteiger partial charge is 0.489 e. The number of alkyl carbamates (subject to hydrolysis) is 1. The van der Waals surface area contributed by atoms with Gasteiger partial charge in [0.25, 0.3) is 5.56 Å². The third-order valence-corrected chi connectivity index (χ3v) is 6.71. The van der Waals surface area contributed by atoms with E-state index in [-0.39, 0.29) is 51.3 Å². The highest BCUT2D eigenvalue weighted by molar-refractivity contribution is 6.31. The summed E-state index contributed by atoms with van der Waals surface area (Å²) in [5.41, 5.74) is 0.0657. The van der Waals surface area contributed by atoms with Crippen molar-refractivity contribution in [3.8, 4) is 34.3 Å². The van der Waals surface area contributed by atoms with Crippen LogP contribution in [0.15, 0.2) is 29.7 Å². The number of aromatic amines is 1. The van der Waals surface area contributed by atoms with Gasteiger partial charge in [0, 0.05) is 24.1 Å². The van der Waals surface area contributed by atoms with Gasteiger partial charge in [-0.2, -0.15) is 15.5 Å². The first kappa shape index (κ1) is 28.8. The molecule has 0 unspecified atom stereocenters. The molecule has 2 N–H and O–H groups in total. The molecular formula is C29H27ClFN7O4. The maximum atomic E-state index is 15.7. The molecule has 11 nitrogen and oxygen atoms in total. The molecule has 5 rings (SSSR count). The second-order valence-electron chi connectivity index (χ2n) is 10.8. The topological polar surface area (TPSA) is 148 Å². The second-order valence-corrected chi connectivity index (χ2v) is 11.2. The van der Waals surface area contributed by atoms with E-state index >= 15 is 4.39 Å². The van der Waals surface area contributed by atoms with Gasteiger partial charge in [-0.15, -0.1) is 0 Å². The summed E-state index contributed by atoms with van der Waals surface area (Å²) in [6.45, 7) is 8.94. The minimum Gasteiger partial charge on any atom is -0.489 e. The Kier molecular flexibility index (Phi) is 7.47. The molecule has 1 amide bonds. The number of pyridine rings is 1. The highest BCUT2D eigenvalue weighted by atomic mass is 35.5. The fraction of sp³-hybridized carbons (Fsp3) is 0.310. The van der Waals surface area contributed by atoms with Gasteiger partial charge in [0.1, 0.15) is 23.0 Å². The Bertz CT molecular complexity index is 1850. The van der Waals surface area contributed by atoms with Crippen molar-refractivity contribution in [3.05, 3.63) is 63.1 Å². The van der Waals surface area contributed by atoms with Gasteiger partial charge in [-0.3, -0.25) is 9.48 Å². The molecule has 1 aliphatic rings. The molecule has 3 aromatic heterocycles. The summed E-state index contributed by atoms with van der Waals surface area (Å²) in [7, 11) is 1.60. The zero-order valence-corrected chi connectivity index (χ0v) is 24.1. The number of nitrogens with zero attached hydrogens (tertiary/aromatic N) is 5. The summed E-state index contributed by atoms with van der Waals surface area (Å²) in [6, 6.07) is 4.96. The van der Waals surface area contributed by atoms with Crippen LogP contribution in [0.3, 0.4) is 0 Å². The first-order valence-corrected chi connectivity index (χ1v) is 13.4. The number of benzene rings is 1. The Morgan fingerprint density at radius 3 is 2.76 bits per heavy atom. The number of halogens is 2. The Balaban J connectivity index is 1.68. The quantitative estimate of drug-likeness (QED) is 0.296. The number of rotatable bonds is 7. The van der Waals surface area contributed by atoms with E-state index in [9.17, 15) is 14.9 Å². The van der Waals surface area contributed by atoms with Gasteiger partial charge in [0.05, 0.1) is 57.6 Å². The smallest absolute Gasteiger partial charge is 0.407 e. The van der Waals surface area contributed by atoms with E-state index in [4.69, 9.17) is 21.1 Å². The number of ether oxygens (including phenoxy) is 2. The van der Waals surface area contributed by atoms with Crippen LogP contribution >= 0.6 is 11.6 Å². The number of aromatic nitrogens is 5. The number of aryl methyl sites for hydroxylation is 1. The number of H-pyrrole nitrogens is 1. The molecule has 0 aliphatic heterocycles. The van der Waals surface area contributed by atoms with Crippen LogP contribution in [-0.4, -0.2) is 42.8 Å². The molecule has 0 atom stereocenters. The molecule has 1 saturated carbocycles. The summed E-state index contributed by atoms with van der Waals surface area (Å²) in [4.78, 5) is 29.8. The van der Waals surface area contributed by atoms with Gasteiger partial charge in [-0.05, 0) is 45.8 Å². The minimum absolute atomic E-state index is 0.0289. The fourth-order valence-electron chi connectivity index (χ4n) is 4.47. The highest BCUT2D eigenvalue weighted by Crippen LogP contribution is 2.42. The van der Waals surface area contributed by atoms with Crippen molar-refractivity contribution in [3.63, 3.8) is 0 Å². The number of amides is 1. The van der Waals surface area contributed by atoms with Crippen molar-refractivity contribution in [1.82, 2.24) is 30.3 Å². The molecule has 1 aromatic carbocycles. The van der Waals surface area contributed by atoms with Gasteiger partial charge in [-0.25, -0.2) is 19.3 Å². The van der Waals surface area contributed by atoms with E-state index in [2.05, 4.69) is 38.2 Å². The van der Waals surface area contributed by atoms with Crippen LogP contribution in [0, 0.1) is 17.1 Å². The van der Waals surface area contributed by atoms with Crippen LogP contribution in [-0.2, 0) is 18.3 Å². The molecule has 0 radical (unpaired) electrons. The number of nitriles is 1. The van der Waals surface area contributed by atoms with Crippen LogP contribution in [0.2, 0.25) is 5.02 Å². The molecule has 42 heavy (non-hydrogen) atoms. The molecular weight excluding hydrogens is 565 g/mol. The predicted molar refractivity (Wildman–Crippen MR) is 154 cm³/mol. The van der Waals surface area contributed by atoms with Crippen LogP contribution in [0.1, 0.15) is 50.6 Å². The van der Waals surface area contributed by atoms with Crippen molar-refractivity contribution in [2.75, 3.05) is 0 Å². The number of nitrogens with one attached hydrogen (secondary N) is 2. The first-order chi connectivity index (χ1) is 19.9. The summed E-state index contributed by atoms with van der Waals surface area (Å²) < 4.78 is 28.3. The van der Waals surface area contributed by atoms with E-state index in [1.807, 2.05) is 0 Å². The van der Waals surface area contributed by atoms with Gasteiger partial charge < -0.3 is 14.8 Å². The lowest BCUT2D eigenvalue weighted by molar-refractivity contribution is 0.0523. The average molecular weight is 592 g/mol. The molecule has 1 fully saturated rings. The SMILES string of the molecule is C=Cc1nc(-c2cnn(C)c2-c2c(F)c(Cl)cc(OC3CC3)c2C#N)cc2c(CNC(=O)OC(C)(C)C)n[nH]c(=O)c12. The molecule has 4 aromatic rings. The van der Waals surface area contributed by atoms with Gasteiger partial charge in [0.2, 0.25) is 0 Å². The molecule has 0 spiro atoms. The maximum Gasteiger partial charge on any atom is 0.407 e. The third kappa shape index (κ3) is 5.56. The maximum absolute atomic E-state index is 15.7. The van der Waals surface area contributed by atoms with E-state index in [1.165, 1.54) is 23.0 Å². The lowest BCUT2D eigenvalue weighted by Gasteiger charge is -2.19. The first-order valence-electron chi connectivity index (χ1n) is 13.0. The summed E-state index contributed by atoms with van der Waals surface area (Å²) in [6.07, 6.45) is 3.81. The van der Waals surface area contributed by atoms with E-state index in [0.717, 1.165) is 12.8 Å². The zero-order chi connectivity index (χ0) is 30.3. The standard InChI is InChI=1S/C29H27ClFN7O4/c1-6-19-23-15(21(36-37-27(23)39)13-33-28(40)42-29(2,3)4)9-20(35-19)17-12-34-38(5)26(17)24-16(11-32)22(41-14-7-8-14)10-18(30)25(24)31/h6,9-10,12,14H,1,7-8,13H2,2-5H3,(H,33,40)(H,37,39). The second kappa shape index (κ2) is 10.9. The summed E-state index contributed by atoms with van der Waals surface area (Å²) >= 11 is 6.27. The Hall–Kier alpha value is -4.76. The average Bonchev–Trinajstić information content (AvgIpc) is 3.67. The van der Waals surface area contributed by atoms with Crippen LogP contribution in [0.25, 0.3) is 39.4 Å². The fourth-order valence-corrected chi connectivity index (χ4v) is 4.67. The molecule has 1 aliphatic carbocycles. The van der Waals surface area contributed by atoms with Crippen LogP contribution in [0.5, 0.6) is 5.75 Å². The Morgan fingerprint density at radius 1 is 1.38 bits per heavy atom. The van der Waals surface area contributed by atoms with E-state index in [0.29, 0.717) is 22.3 Å². The van der Waals surface area contributed by atoms with E-state index < -0.39 is 23.1 Å². The summed E-state index contributed by atoms with van der Waals surface area (Å²) in [5.74, 6) is -0.635. The van der Waals surface area contributed by atoms with Gasteiger partial charge >= 0.3 is 6.09 Å². The number of carbonyl (C=O) groups is 1. The van der Waals surface area contributed by atoms with Crippen molar-refractivity contribution in [1.29, 1.82) is 5.26 Å². The number of hydrogen-bond donors (Lipinski definition) is 2. The normalized spacial score (nSPS) is 13.1. The zero-order valence-electron chi connectivity index (χ0n) is 23.3. The van der Waals surface area contributed by atoms with Crippen LogP contribution < -0.4 is 15.6 Å². The Morgan fingerprint density at radius 2 is 2.12 bits per heavy atom. The monoisotopic (exact) mass is 591 g/mol. The minimum atomic E-state index is -0.814. The number of carbonyl (C=O) groups excluding carboxylic acids is 1. The molecule has 0 bridgehead atoms. The molecule has 3 heterocycles. The van der Waals surface area contributed by atoms with E-state index in [1.54, 1.807) is 33.9 Å². The van der Waals surface area contributed by atoms with Gasteiger partial charge in [-0.1, -0.05) is 18.2 Å². The lowest BCUT2D eigenvalue weighted by Crippen LogP contribution is -2.32. The third-order valence-electron chi connectivity index (χ3n) is 6.43. The molecule has 0 saturated heterocycles. The molecule has 216 valence electrons.